The predicted octanol–water partition coefficient (Wildman–Crippen LogP) is 4.21. The Morgan fingerprint density at radius 3 is 2.25 bits per heavy atom. The summed E-state index contributed by atoms with van der Waals surface area (Å²) in [7, 11) is -3.60. The van der Waals surface area contributed by atoms with E-state index in [1.165, 1.54) is 46.8 Å². The minimum atomic E-state index is -3.60. The van der Waals surface area contributed by atoms with Gasteiger partial charge in [0.05, 0.1) is 4.90 Å². The van der Waals surface area contributed by atoms with Crippen LogP contribution in [0.2, 0.25) is 0 Å². The first-order valence-electron chi connectivity index (χ1n) is 8.66. The molecule has 0 aliphatic rings. The number of ether oxygens (including phenoxy) is 1. The normalized spacial score (nSPS) is 12.1. The van der Waals surface area contributed by atoms with Crippen molar-refractivity contribution in [3.8, 4) is 5.75 Å². The summed E-state index contributed by atoms with van der Waals surface area (Å²) in [5, 5.41) is 0. The van der Waals surface area contributed by atoms with Crippen LogP contribution in [-0.4, -0.2) is 38.2 Å². The SMILES string of the molecule is CCN(CC)S(=O)(=O)c1ccc(C(=O)C=Cc2ccccc2OC(F)F)cc1. The van der Waals surface area contributed by atoms with Gasteiger partial charge in [0.25, 0.3) is 0 Å². The van der Waals surface area contributed by atoms with Crippen molar-refractivity contribution in [3.05, 3.63) is 65.7 Å². The maximum absolute atomic E-state index is 12.5. The molecule has 0 heterocycles. The molecule has 0 radical (unpaired) electrons. The van der Waals surface area contributed by atoms with E-state index < -0.39 is 22.4 Å². The minimum Gasteiger partial charge on any atom is -0.434 e. The highest BCUT2D eigenvalue weighted by Gasteiger charge is 2.21. The number of sulfonamides is 1. The Kier molecular flexibility index (Phi) is 7.42. The Labute approximate surface area is 163 Å². The zero-order valence-corrected chi connectivity index (χ0v) is 16.3. The van der Waals surface area contributed by atoms with Crippen molar-refractivity contribution in [2.75, 3.05) is 13.1 Å². The van der Waals surface area contributed by atoms with Crippen LogP contribution in [0.3, 0.4) is 0 Å². The summed E-state index contributed by atoms with van der Waals surface area (Å²) in [6, 6.07) is 11.7. The van der Waals surface area contributed by atoms with Gasteiger partial charge >= 0.3 is 6.61 Å². The Balaban J connectivity index is 2.19. The summed E-state index contributed by atoms with van der Waals surface area (Å²) in [6.07, 6.45) is 2.60. The molecule has 28 heavy (non-hydrogen) atoms. The summed E-state index contributed by atoms with van der Waals surface area (Å²) in [4.78, 5) is 12.4. The number of carbonyl (C=O) groups excluding carboxylic acids is 1. The fraction of sp³-hybridized carbons (Fsp3) is 0.250. The third kappa shape index (κ3) is 5.24. The fourth-order valence-electron chi connectivity index (χ4n) is 2.59. The summed E-state index contributed by atoms with van der Waals surface area (Å²) >= 11 is 0. The Bertz CT molecular complexity index is 937. The first-order valence-corrected chi connectivity index (χ1v) is 10.1. The number of hydrogen-bond donors (Lipinski definition) is 0. The molecule has 0 saturated carbocycles. The number of hydrogen-bond acceptors (Lipinski definition) is 4. The van der Waals surface area contributed by atoms with Crippen LogP contribution in [0.4, 0.5) is 8.78 Å². The van der Waals surface area contributed by atoms with Crippen LogP contribution in [0.5, 0.6) is 5.75 Å². The van der Waals surface area contributed by atoms with Crippen LogP contribution in [0.15, 0.2) is 59.5 Å². The Morgan fingerprint density at radius 2 is 1.68 bits per heavy atom. The molecule has 5 nitrogen and oxygen atoms in total. The zero-order chi connectivity index (χ0) is 20.7. The average molecular weight is 409 g/mol. The summed E-state index contributed by atoms with van der Waals surface area (Å²) in [5.74, 6) is -0.430. The highest BCUT2D eigenvalue weighted by molar-refractivity contribution is 7.89. The molecule has 0 aliphatic heterocycles. The molecule has 0 aromatic heterocycles. The van der Waals surface area contributed by atoms with E-state index in [1.807, 2.05) is 0 Å². The summed E-state index contributed by atoms with van der Waals surface area (Å²) in [5.41, 5.74) is 0.610. The maximum atomic E-state index is 12.5. The number of nitrogens with zero attached hydrogens (tertiary/aromatic N) is 1. The van der Waals surface area contributed by atoms with Gasteiger partial charge in [-0.05, 0) is 42.5 Å². The van der Waals surface area contributed by atoms with Crippen LogP contribution >= 0.6 is 0 Å². The molecule has 0 unspecified atom stereocenters. The number of para-hydroxylation sites is 1. The van der Waals surface area contributed by atoms with Crippen molar-refractivity contribution in [2.24, 2.45) is 0 Å². The highest BCUT2D eigenvalue weighted by atomic mass is 32.2. The number of benzene rings is 2. The van der Waals surface area contributed by atoms with Crippen molar-refractivity contribution in [1.82, 2.24) is 4.31 Å². The number of allylic oxidation sites excluding steroid dienone is 1. The van der Waals surface area contributed by atoms with Crippen molar-refractivity contribution in [2.45, 2.75) is 25.4 Å². The van der Waals surface area contributed by atoms with E-state index in [2.05, 4.69) is 4.74 Å². The first kappa shape index (κ1) is 21.7. The van der Waals surface area contributed by atoms with E-state index in [0.717, 1.165) is 0 Å². The average Bonchev–Trinajstić information content (AvgIpc) is 2.67. The first-order chi connectivity index (χ1) is 13.3. The molecule has 0 spiro atoms. The number of ketones is 1. The lowest BCUT2D eigenvalue weighted by atomic mass is 10.1. The third-order valence-corrected chi connectivity index (χ3v) is 6.10. The lowest BCUT2D eigenvalue weighted by Crippen LogP contribution is -2.30. The second-order valence-corrected chi connectivity index (χ2v) is 7.67. The lowest BCUT2D eigenvalue weighted by Gasteiger charge is -2.18. The second-order valence-electron chi connectivity index (χ2n) is 5.73. The standard InChI is InChI=1S/C20H21F2NO4S/c1-3-23(4-2)28(25,26)17-12-9-15(10-13-17)18(24)14-11-16-7-5-6-8-19(16)27-20(21)22/h5-14,20H,3-4H2,1-2H3. The van der Waals surface area contributed by atoms with Crippen molar-refractivity contribution >= 4 is 21.9 Å². The van der Waals surface area contributed by atoms with Gasteiger partial charge < -0.3 is 4.74 Å². The topological polar surface area (TPSA) is 63.7 Å². The van der Waals surface area contributed by atoms with Crippen LogP contribution in [0.1, 0.15) is 29.8 Å². The molecule has 0 bridgehead atoms. The molecule has 8 heteroatoms. The molecule has 0 saturated heterocycles. The minimum absolute atomic E-state index is 0.0396. The van der Waals surface area contributed by atoms with Crippen molar-refractivity contribution in [1.29, 1.82) is 0 Å². The van der Waals surface area contributed by atoms with Crippen molar-refractivity contribution < 1.29 is 26.7 Å². The molecule has 0 aliphatic carbocycles. The largest absolute Gasteiger partial charge is 0.434 e. The predicted molar refractivity (Wildman–Crippen MR) is 103 cm³/mol. The quantitative estimate of drug-likeness (QED) is 0.460. The van der Waals surface area contributed by atoms with E-state index in [4.69, 9.17) is 0 Å². The van der Waals surface area contributed by atoms with Crippen LogP contribution in [0.25, 0.3) is 6.08 Å². The monoisotopic (exact) mass is 409 g/mol. The van der Waals surface area contributed by atoms with Gasteiger partial charge in [0.2, 0.25) is 10.0 Å². The van der Waals surface area contributed by atoms with Crippen LogP contribution < -0.4 is 4.74 Å². The van der Waals surface area contributed by atoms with Crippen molar-refractivity contribution in [3.63, 3.8) is 0 Å². The Morgan fingerprint density at radius 1 is 1.07 bits per heavy atom. The molecule has 2 aromatic carbocycles. The lowest BCUT2D eigenvalue weighted by molar-refractivity contribution is -0.0499. The van der Waals surface area contributed by atoms with Gasteiger partial charge in [0.1, 0.15) is 5.75 Å². The molecule has 0 amide bonds. The number of rotatable bonds is 9. The number of carbonyl (C=O) groups is 1. The highest BCUT2D eigenvalue weighted by Crippen LogP contribution is 2.22. The second kappa shape index (κ2) is 9.57. The maximum Gasteiger partial charge on any atom is 0.387 e. The van der Waals surface area contributed by atoms with Gasteiger partial charge in [0, 0.05) is 24.2 Å². The molecule has 2 rings (SSSR count). The molecule has 0 N–H and O–H groups in total. The molecule has 0 atom stereocenters. The molecular weight excluding hydrogens is 388 g/mol. The molecule has 0 fully saturated rings. The van der Waals surface area contributed by atoms with Crippen LogP contribution in [-0.2, 0) is 10.0 Å². The van der Waals surface area contributed by atoms with Gasteiger partial charge in [-0.15, -0.1) is 0 Å². The zero-order valence-electron chi connectivity index (χ0n) is 15.5. The van der Waals surface area contributed by atoms with Gasteiger partial charge in [0.15, 0.2) is 5.78 Å². The summed E-state index contributed by atoms with van der Waals surface area (Å²) < 4.78 is 55.5. The van der Waals surface area contributed by atoms with Gasteiger partial charge in [-0.1, -0.05) is 32.0 Å². The van der Waals surface area contributed by atoms with E-state index in [9.17, 15) is 22.0 Å². The van der Waals surface area contributed by atoms with E-state index in [-0.39, 0.29) is 16.2 Å². The van der Waals surface area contributed by atoms with E-state index in [0.29, 0.717) is 18.7 Å². The van der Waals surface area contributed by atoms with E-state index >= 15 is 0 Å². The molecule has 2 aromatic rings. The third-order valence-electron chi connectivity index (χ3n) is 4.03. The smallest absolute Gasteiger partial charge is 0.387 e. The van der Waals surface area contributed by atoms with Gasteiger partial charge in [-0.3, -0.25) is 4.79 Å². The number of alkyl halides is 2. The summed E-state index contributed by atoms with van der Waals surface area (Å²) in [6.45, 7) is 1.23. The molecule has 150 valence electrons. The van der Waals surface area contributed by atoms with Gasteiger partial charge in [-0.25, -0.2) is 8.42 Å². The van der Waals surface area contributed by atoms with Crippen LogP contribution in [0, 0.1) is 0 Å². The van der Waals surface area contributed by atoms with E-state index in [1.54, 1.807) is 32.0 Å². The molecular formula is C20H21F2NO4S. The Hall–Kier alpha value is -2.58. The number of halogens is 2. The van der Waals surface area contributed by atoms with Gasteiger partial charge in [-0.2, -0.15) is 13.1 Å². The fourth-order valence-corrected chi connectivity index (χ4v) is 4.04.